The fourth-order valence-electron chi connectivity index (χ4n) is 2.17. The smallest absolute Gasteiger partial charge is 0.0964 e. The summed E-state index contributed by atoms with van der Waals surface area (Å²) >= 11 is 1.90. The van der Waals surface area contributed by atoms with Crippen LogP contribution in [0.2, 0.25) is 0 Å². The van der Waals surface area contributed by atoms with Crippen molar-refractivity contribution in [2.24, 2.45) is 5.92 Å². The van der Waals surface area contributed by atoms with Gasteiger partial charge >= 0.3 is 0 Å². The van der Waals surface area contributed by atoms with Crippen molar-refractivity contribution in [1.82, 2.24) is 4.90 Å². The lowest BCUT2D eigenvalue weighted by Gasteiger charge is -2.34. The third kappa shape index (κ3) is 1.55. The van der Waals surface area contributed by atoms with Gasteiger partial charge in [-0.25, -0.2) is 0 Å². The van der Waals surface area contributed by atoms with Crippen molar-refractivity contribution in [3.8, 4) is 0 Å². The summed E-state index contributed by atoms with van der Waals surface area (Å²) in [5.41, 5.74) is 1.52. The second-order valence-corrected chi connectivity index (χ2v) is 5.47. The van der Waals surface area contributed by atoms with E-state index in [1.807, 2.05) is 11.3 Å². The second kappa shape index (κ2) is 3.24. The number of rotatable bonds is 2. The fraction of sp³-hybridized carbons (Fsp3) is 0.636. The molecule has 0 unspecified atom stereocenters. The maximum absolute atomic E-state index is 2.56. The lowest BCUT2D eigenvalue weighted by molar-refractivity contribution is 0.309. The Balaban J connectivity index is 1.83. The highest BCUT2D eigenvalue weighted by Gasteiger charge is 2.28. The molecule has 1 aromatic rings. The Bertz CT molecular complexity index is 330. The molecule has 0 atom stereocenters. The standard InChI is InChI=1S/C11H16N2S/c1-12-7-10-4-5-14-11(10)13(8-12)6-9-2-3-9/h4-5,9H,2-3,6-8H2,1H3. The maximum Gasteiger partial charge on any atom is 0.0964 e. The molecule has 0 aromatic carbocycles. The highest BCUT2D eigenvalue weighted by Crippen LogP contribution is 2.37. The molecule has 14 heavy (non-hydrogen) atoms. The van der Waals surface area contributed by atoms with Crippen molar-refractivity contribution in [2.75, 3.05) is 25.2 Å². The number of anilines is 1. The Morgan fingerprint density at radius 1 is 1.50 bits per heavy atom. The van der Waals surface area contributed by atoms with E-state index in [0.29, 0.717) is 0 Å². The zero-order valence-electron chi connectivity index (χ0n) is 8.57. The first kappa shape index (κ1) is 8.74. The molecule has 1 aliphatic heterocycles. The van der Waals surface area contributed by atoms with Crippen molar-refractivity contribution < 1.29 is 0 Å². The summed E-state index contributed by atoms with van der Waals surface area (Å²) in [5.74, 6) is 0.983. The van der Waals surface area contributed by atoms with Crippen molar-refractivity contribution in [3.63, 3.8) is 0 Å². The molecule has 0 bridgehead atoms. The predicted octanol–water partition coefficient (Wildman–Crippen LogP) is 2.37. The second-order valence-electron chi connectivity index (χ2n) is 4.57. The van der Waals surface area contributed by atoms with E-state index in [4.69, 9.17) is 0 Å². The van der Waals surface area contributed by atoms with Gasteiger partial charge in [-0.15, -0.1) is 11.3 Å². The largest absolute Gasteiger partial charge is 0.350 e. The molecule has 0 N–H and O–H groups in total. The molecular weight excluding hydrogens is 192 g/mol. The SMILES string of the molecule is CN1Cc2ccsc2N(CC2CC2)C1. The Morgan fingerprint density at radius 3 is 3.14 bits per heavy atom. The first-order valence-corrected chi connectivity index (χ1v) is 6.21. The molecule has 1 aromatic heterocycles. The molecule has 2 heterocycles. The van der Waals surface area contributed by atoms with Crippen LogP contribution in [0.15, 0.2) is 11.4 Å². The van der Waals surface area contributed by atoms with Crippen LogP contribution in [0.25, 0.3) is 0 Å². The molecule has 1 saturated carbocycles. The molecule has 1 aliphatic carbocycles. The molecule has 0 amide bonds. The minimum atomic E-state index is 0.983. The highest BCUT2D eigenvalue weighted by atomic mass is 32.1. The molecule has 3 rings (SSSR count). The van der Waals surface area contributed by atoms with Gasteiger partial charge in [-0.1, -0.05) is 0 Å². The van der Waals surface area contributed by atoms with Crippen molar-refractivity contribution in [3.05, 3.63) is 17.0 Å². The number of fused-ring (bicyclic) bond motifs is 1. The monoisotopic (exact) mass is 208 g/mol. The summed E-state index contributed by atoms with van der Waals surface area (Å²) in [6.07, 6.45) is 2.89. The summed E-state index contributed by atoms with van der Waals surface area (Å²) in [7, 11) is 2.21. The van der Waals surface area contributed by atoms with Gasteiger partial charge in [0.1, 0.15) is 0 Å². The van der Waals surface area contributed by atoms with Crippen molar-refractivity contribution in [1.29, 1.82) is 0 Å². The van der Waals surface area contributed by atoms with Gasteiger partial charge in [0.2, 0.25) is 0 Å². The molecule has 1 fully saturated rings. The van der Waals surface area contributed by atoms with Gasteiger partial charge in [0, 0.05) is 18.7 Å². The van der Waals surface area contributed by atoms with Gasteiger partial charge in [0.15, 0.2) is 0 Å². The quantitative estimate of drug-likeness (QED) is 0.736. The van der Waals surface area contributed by atoms with Crippen LogP contribution in [-0.4, -0.2) is 25.2 Å². The van der Waals surface area contributed by atoms with Crippen LogP contribution in [0.1, 0.15) is 18.4 Å². The number of thiophene rings is 1. The Hall–Kier alpha value is -0.540. The van der Waals surface area contributed by atoms with Crippen LogP contribution < -0.4 is 4.90 Å². The average Bonchev–Trinajstić information content (AvgIpc) is 2.81. The average molecular weight is 208 g/mol. The number of nitrogens with zero attached hydrogens (tertiary/aromatic N) is 2. The molecule has 3 heteroatoms. The molecule has 76 valence electrons. The normalized spacial score (nSPS) is 22.5. The third-order valence-electron chi connectivity index (χ3n) is 3.04. The minimum absolute atomic E-state index is 0.983. The Kier molecular flexibility index (Phi) is 2.03. The van der Waals surface area contributed by atoms with Gasteiger partial charge in [-0.05, 0) is 37.3 Å². The van der Waals surface area contributed by atoms with E-state index in [2.05, 4.69) is 28.3 Å². The molecule has 2 aliphatic rings. The lowest BCUT2D eigenvalue weighted by Crippen LogP contribution is -2.40. The van der Waals surface area contributed by atoms with Crippen LogP contribution in [0, 0.1) is 5.92 Å². The minimum Gasteiger partial charge on any atom is -0.350 e. The Labute approximate surface area is 89.1 Å². The van der Waals surface area contributed by atoms with E-state index in [1.54, 1.807) is 0 Å². The summed E-state index contributed by atoms with van der Waals surface area (Å²) in [6, 6.07) is 2.27. The zero-order chi connectivity index (χ0) is 9.54. The van der Waals surface area contributed by atoms with Crippen LogP contribution in [0.3, 0.4) is 0 Å². The summed E-state index contributed by atoms with van der Waals surface area (Å²) < 4.78 is 0. The first-order chi connectivity index (χ1) is 6.83. The van der Waals surface area contributed by atoms with Gasteiger partial charge in [-0.3, -0.25) is 4.90 Å². The van der Waals surface area contributed by atoms with Crippen LogP contribution in [0.4, 0.5) is 5.00 Å². The molecule has 0 spiro atoms. The lowest BCUT2D eigenvalue weighted by atomic mass is 10.2. The summed E-state index contributed by atoms with van der Waals surface area (Å²) in [6.45, 7) is 3.52. The molecule has 0 radical (unpaired) electrons. The first-order valence-electron chi connectivity index (χ1n) is 5.33. The topological polar surface area (TPSA) is 6.48 Å². The van der Waals surface area contributed by atoms with Crippen LogP contribution >= 0.6 is 11.3 Å². The maximum atomic E-state index is 2.56. The number of hydrogen-bond acceptors (Lipinski definition) is 3. The van der Waals surface area contributed by atoms with Crippen LogP contribution in [-0.2, 0) is 6.54 Å². The van der Waals surface area contributed by atoms with Gasteiger partial charge in [-0.2, -0.15) is 0 Å². The zero-order valence-corrected chi connectivity index (χ0v) is 9.39. The van der Waals surface area contributed by atoms with E-state index >= 15 is 0 Å². The highest BCUT2D eigenvalue weighted by molar-refractivity contribution is 7.14. The van der Waals surface area contributed by atoms with Gasteiger partial charge < -0.3 is 4.90 Å². The number of hydrogen-bond donors (Lipinski definition) is 0. The van der Waals surface area contributed by atoms with E-state index in [9.17, 15) is 0 Å². The van der Waals surface area contributed by atoms with Crippen molar-refractivity contribution in [2.45, 2.75) is 19.4 Å². The van der Waals surface area contributed by atoms with Gasteiger partial charge in [0.05, 0.1) is 11.7 Å². The van der Waals surface area contributed by atoms with E-state index < -0.39 is 0 Å². The predicted molar refractivity (Wildman–Crippen MR) is 60.7 cm³/mol. The van der Waals surface area contributed by atoms with Gasteiger partial charge in [0.25, 0.3) is 0 Å². The summed E-state index contributed by atoms with van der Waals surface area (Å²) in [4.78, 5) is 4.96. The fourth-order valence-corrected chi connectivity index (χ4v) is 3.10. The Morgan fingerprint density at radius 2 is 2.36 bits per heavy atom. The van der Waals surface area contributed by atoms with Crippen LogP contribution in [0.5, 0.6) is 0 Å². The third-order valence-corrected chi connectivity index (χ3v) is 4.05. The molecule has 2 nitrogen and oxygen atoms in total. The van der Waals surface area contributed by atoms with E-state index in [0.717, 1.165) is 19.1 Å². The van der Waals surface area contributed by atoms with Crippen molar-refractivity contribution >= 4 is 16.3 Å². The summed E-state index contributed by atoms with van der Waals surface area (Å²) in [5, 5.41) is 3.75. The van der Waals surface area contributed by atoms with E-state index in [-0.39, 0.29) is 0 Å². The molecule has 0 saturated heterocycles. The molecular formula is C11H16N2S. The van der Waals surface area contributed by atoms with E-state index in [1.165, 1.54) is 30.0 Å².